The van der Waals surface area contributed by atoms with Crippen LogP contribution in [0.25, 0.3) is 0 Å². The van der Waals surface area contributed by atoms with Gasteiger partial charge in [-0.25, -0.2) is 4.79 Å². The van der Waals surface area contributed by atoms with E-state index in [1.165, 1.54) is 11.8 Å². The predicted octanol–water partition coefficient (Wildman–Crippen LogP) is 1.04. The summed E-state index contributed by atoms with van der Waals surface area (Å²) in [5.41, 5.74) is 0. The third-order valence-electron chi connectivity index (χ3n) is 2.12. The van der Waals surface area contributed by atoms with Crippen molar-refractivity contribution < 1.29 is 24.2 Å². The average molecular weight is 291 g/mol. The third kappa shape index (κ3) is 9.35. The first-order valence-corrected chi connectivity index (χ1v) is 7.21. The molecule has 2 N–H and O–H groups in total. The van der Waals surface area contributed by atoms with Crippen molar-refractivity contribution in [2.45, 2.75) is 44.9 Å². The molecule has 7 heteroatoms. The van der Waals surface area contributed by atoms with Gasteiger partial charge in [0.25, 0.3) is 0 Å². The molecule has 0 heterocycles. The van der Waals surface area contributed by atoms with Crippen LogP contribution in [0, 0.1) is 0 Å². The topological polar surface area (TPSA) is 92.7 Å². The van der Waals surface area contributed by atoms with Crippen molar-refractivity contribution in [3.8, 4) is 0 Å². The molecule has 0 rings (SSSR count). The number of carbonyl (C=O) groups is 3. The summed E-state index contributed by atoms with van der Waals surface area (Å²) < 4.78 is 4.71. The van der Waals surface area contributed by atoms with Gasteiger partial charge in [0.2, 0.25) is 5.91 Å². The normalized spacial score (nSPS) is 12.0. The number of nitrogens with one attached hydrogen (secondary N) is 1. The summed E-state index contributed by atoms with van der Waals surface area (Å²) in [4.78, 5) is 33.6. The lowest BCUT2D eigenvalue weighted by Gasteiger charge is -2.14. The maximum atomic E-state index is 11.5. The fourth-order valence-corrected chi connectivity index (χ4v) is 1.80. The first-order chi connectivity index (χ1) is 8.86. The zero-order chi connectivity index (χ0) is 14.8. The molecule has 0 saturated carbocycles. The Morgan fingerprint density at radius 1 is 1.32 bits per heavy atom. The molecule has 110 valence electrons. The lowest BCUT2D eigenvalue weighted by atomic mass is 10.1. The van der Waals surface area contributed by atoms with E-state index in [1.54, 1.807) is 6.92 Å². The summed E-state index contributed by atoms with van der Waals surface area (Å²) in [5, 5.41) is 11.7. The summed E-state index contributed by atoms with van der Waals surface area (Å²) in [6.45, 7) is 5.84. The number of amides is 1. The molecule has 0 unspecified atom stereocenters. The van der Waals surface area contributed by atoms with E-state index in [0.29, 0.717) is 5.25 Å². The number of hydrogen-bond acceptors (Lipinski definition) is 5. The summed E-state index contributed by atoms with van der Waals surface area (Å²) in [6.07, 6.45) is 0.00859. The highest BCUT2D eigenvalue weighted by Crippen LogP contribution is 2.08. The third-order valence-corrected chi connectivity index (χ3v) is 3.22. The molecule has 0 aliphatic heterocycles. The molecule has 0 aliphatic rings. The van der Waals surface area contributed by atoms with Crippen LogP contribution in [0.15, 0.2) is 0 Å². The van der Waals surface area contributed by atoms with Crippen molar-refractivity contribution in [3.63, 3.8) is 0 Å². The van der Waals surface area contributed by atoms with Crippen molar-refractivity contribution in [2.24, 2.45) is 0 Å². The molecular formula is C12H21NO5S. The maximum Gasteiger partial charge on any atom is 0.326 e. The highest BCUT2D eigenvalue weighted by Gasteiger charge is 2.21. The van der Waals surface area contributed by atoms with Gasteiger partial charge >= 0.3 is 11.9 Å². The van der Waals surface area contributed by atoms with Crippen molar-refractivity contribution >= 4 is 29.6 Å². The van der Waals surface area contributed by atoms with E-state index < -0.39 is 18.0 Å². The van der Waals surface area contributed by atoms with Gasteiger partial charge in [0.1, 0.15) is 6.04 Å². The SMILES string of the molecule is CCOC(=O)CC[C@H](NC(=O)CSC(C)C)C(=O)O. The van der Waals surface area contributed by atoms with Gasteiger partial charge in [0.05, 0.1) is 12.4 Å². The zero-order valence-electron chi connectivity index (χ0n) is 11.5. The van der Waals surface area contributed by atoms with E-state index in [0.717, 1.165) is 0 Å². The summed E-state index contributed by atoms with van der Waals surface area (Å²) >= 11 is 1.43. The molecule has 1 amide bonds. The van der Waals surface area contributed by atoms with Gasteiger partial charge in [-0.1, -0.05) is 13.8 Å². The molecule has 0 aliphatic carbocycles. The second-order valence-corrected chi connectivity index (χ2v) is 5.73. The highest BCUT2D eigenvalue weighted by atomic mass is 32.2. The van der Waals surface area contributed by atoms with Gasteiger partial charge < -0.3 is 15.2 Å². The Morgan fingerprint density at radius 2 is 1.95 bits per heavy atom. The standard InChI is InChI=1S/C12H21NO5S/c1-4-18-11(15)6-5-9(12(16)17)13-10(14)7-19-8(2)3/h8-9H,4-7H2,1-3H3,(H,13,14)(H,16,17)/t9-/m0/s1. The smallest absolute Gasteiger partial charge is 0.326 e. The zero-order valence-corrected chi connectivity index (χ0v) is 12.3. The van der Waals surface area contributed by atoms with Gasteiger partial charge in [-0.15, -0.1) is 11.8 Å². The number of carbonyl (C=O) groups excluding carboxylic acids is 2. The van der Waals surface area contributed by atoms with Gasteiger partial charge in [0.15, 0.2) is 0 Å². The minimum absolute atomic E-state index is 0.0254. The number of aliphatic carboxylic acids is 1. The summed E-state index contributed by atoms with van der Waals surface area (Å²) in [6, 6.07) is -1.05. The molecule has 0 saturated heterocycles. The Morgan fingerprint density at radius 3 is 2.42 bits per heavy atom. The van der Waals surface area contributed by atoms with Crippen LogP contribution in [0.5, 0.6) is 0 Å². The lowest BCUT2D eigenvalue weighted by Crippen LogP contribution is -2.42. The number of esters is 1. The second-order valence-electron chi connectivity index (χ2n) is 4.16. The van der Waals surface area contributed by atoms with Crippen molar-refractivity contribution in [1.82, 2.24) is 5.32 Å². The van der Waals surface area contributed by atoms with E-state index in [4.69, 9.17) is 9.84 Å². The number of ether oxygens (including phenoxy) is 1. The molecule has 0 fully saturated rings. The molecule has 0 spiro atoms. The molecule has 1 atom stereocenters. The number of carboxylic acids is 1. The van der Waals surface area contributed by atoms with Crippen LogP contribution < -0.4 is 5.32 Å². The predicted molar refractivity (Wildman–Crippen MR) is 73.0 cm³/mol. The molecule has 19 heavy (non-hydrogen) atoms. The van der Waals surface area contributed by atoms with Gasteiger partial charge in [-0.05, 0) is 18.6 Å². The molecule has 0 aromatic rings. The number of thioether (sulfide) groups is 1. The number of hydrogen-bond donors (Lipinski definition) is 2. The lowest BCUT2D eigenvalue weighted by molar-refractivity contribution is -0.145. The van der Waals surface area contributed by atoms with Crippen LogP contribution in [0.3, 0.4) is 0 Å². The number of rotatable bonds is 9. The molecule has 0 aromatic heterocycles. The largest absolute Gasteiger partial charge is 0.480 e. The van der Waals surface area contributed by atoms with Crippen molar-refractivity contribution in [2.75, 3.05) is 12.4 Å². The number of carboxylic acid groups (broad SMARTS) is 1. The van der Waals surface area contributed by atoms with Gasteiger partial charge in [-0.2, -0.15) is 0 Å². The van der Waals surface area contributed by atoms with E-state index in [9.17, 15) is 14.4 Å². The fraction of sp³-hybridized carbons (Fsp3) is 0.750. The fourth-order valence-electron chi connectivity index (χ4n) is 1.23. The van der Waals surface area contributed by atoms with Crippen LogP contribution in [-0.4, -0.2) is 46.6 Å². The van der Waals surface area contributed by atoms with Gasteiger partial charge in [0, 0.05) is 6.42 Å². The monoisotopic (exact) mass is 291 g/mol. The van der Waals surface area contributed by atoms with Crippen LogP contribution in [0.2, 0.25) is 0 Å². The minimum Gasteiger partial charge on any atom is -0.480 e. The Balaban J connectivity index is 4.15. The Bertz CT molecular complexity index is 319. The van der Waals surface area contributed by atoms with E-state index in [1.807, 2.05) is 13.8 Å². The quantitative estimate of drug-likeness (QED) is 0.617. The van der Waals surface area contributed by atoms with Crippen LogP contribution in [0.1, 0.15) is 33.6 Å². The Hall–Kier alpha value is -1.24. The Kier molecular flexibility index (Phi) is 9.03. The van der Waals surface area contributed by atoms with Crippen LogP contribution >= 0.6 is 11.8 Å². The van der Waals surface area contributed by atoms with E-state index in [2.05, 4.69) is 5.32 Å². The molecule has 0 aromatic carbocycles. The average Bonchev–Trinajstić information content (AvgIpc) is 2.31. The van der Waals surface area contributed by atoms with Crippen molar-refractivity contribution in [1.29, 1.82) is 0 Å². The first-order valence-electron chi connectivity index (χ1n) is 6.16. The van der Waals surface area contributed by atoms with Crippen LogP contribution in [-0.2, 0) is 19.1 Å². The summed E-state index contributed by atoms with van der Waals surface area (Å²) in [5.74, 6) is -1.73. The van der Waals surface area contributed by atoms with E-state index in [-0.39, 0.29) is 31.1 Å². The van der Waals surface area contributed by atoms with Crippen LogP contribution in [0.4, 0.5) is 0 Å². The molecule has 6 nitrogen and oxygen atoms in total. The van der Waals surface area contributed by atoms with E-state index >= 15 is 0 Å². The summed E-state index contributed by atoms with van der Waals surface area (Å²) in [7, 11) is 0. The van der Waals surface area contributed by atoms with Crippen molar-refractivity contribution in [3.05, 3.63) is 0 Å². The minimum atomic E-state index is -1.15. The second kappa shape index (κ2) is 9.66. The highest BCUT2D eigenvalue weighted by molar-refractivity contribution is 8.00. The molecule has 0 radical (unpaired) electrons. The van der Waals surface area contributed by atoms with Gasteiger partial charge in [-0.3, -0.25) is 9.59 Å². The first kappa shape index (κ1) is 17.8. The maximum absolute atomic E-state index is 11.5. The Labute approximate surface area is 117 Å². The molecule has 0 bridgehead atoms. The molecular weight excluding hydrogens is 270 g/mol.